The Labute approximate surface area is 128 Å². The zero-order valence-corrected chi connectivity index (χ0v) is 12.2. The van der Waals surface area contributed by atoms with Crippen LogP contribution in [0.1, 0.15) is 34.3 Å². The number of hydrogen-bond acceptors (Lipinski definition) is 3. The highest BCUT2D eigenvalue weighted by molar-refractivity contribution is 5.98. The number of likely N-dealkylation sites (tertiary alicyclic amines) is 1. The number of carbonyl (C=O) groups excluding carboxylic acids is 1. The Morgan fingerprint density at radius 2 is 2.09 bits per heavy atom. The minimum Gasteiger partial charge on any atom is -0.465 e. The Hall–Kier alpha value is -2.55. The zero-order chi connectivity index (χ0) is 15.7. The Kier molecular flexibility index (Phi) is 3.72. The lowest BCUT2D eigenvalue weighted by Gasteiger charge is -2.32. The van der Waals surface area contributed by atoms with Crippen molar-refractivity contribution in [2.24, 2.45) is 5.92 Å². The van der Waals surface area contributed by atoms with Crippen molar-refractivity contribution in [2.75, 3.05) is 19.6 Å². The fourth-order valence-electron chi connectivity index (χ4n) is 3.22. The van der Waals surface area contributed by atoms with Crippen molar-refractivity contribution in [2.45, 2.75) is 19.4 Å². The van der Waals surface area contributed by atoms with Crippen LogP contribution in [0.4, 0.5) is 4.79 Å². The van der Waals surface area contributed by atoms with Crippen molar-refractivity contribution in [1.29, 1.82) is 5.26 Å². The van der Waals surface area contributed by atoms with E-state index in [1.54, 1.807) is 18.2 Å². The van der Waals surface area contributed by atoms with Crippen molar-refractivity contribution >= 4 is 12.0 Å². The number of fused-ring (bicyclic) bond motifs is 1. The molecule has 0 atom stereocenters. The summed E-state index contributed by atoms with van der Waals surface area (Å²) in [7, 11) is 0. The average Bonchev–Trinajstić information content (AvgIpc) is 2.83. The number of piperidine rings is 1. The van der Waals surface area contributed by atoms with Gasteiger partial charge in [-0.1, -0.05) is 0 Å². The van der Waals surface area contributed by atoms with Crippen LogP contribution in [0.3, 0.4) is 0 Å². The number of carbonyl (C=O) groups is 2. The molecule has 1 saturated heterocycles. The molecule has 2 aliphatic rings. The first kappa shape index (κ1) is 14.4. The van der Waals surface area contributed by atoms with Crippen LogP contribution in [0.15, 0.2) is 18.2 Å². The van der Waals surface area contributed by atoms with E-state index in [1.165, 1.54) is 4.90 Å². The van der Waals surface area contributed by atoms with E-state index in [-0.39, 0.29) is 5.91 Å². The van der Waals surface area contributed by atoms with E-state index in [4.69, 9.17) is 10.4 Å². The summed E-state index contributed by atoms with van der Waals surface area (Å²) < 4.78 is 0. The van der Waals surface area contributed by atoms with E-state index in [9.17, 15) is 9.59 Å². The topological polar surface area (TPSA) is 84.6 Å². The molecule has 0 radical (unpaired) electrons. The van der Waals surface area contributed by atoms with Gasteiger partial charge in [0.15, 0.2) is 0 Å². The van der Waals surface area contributed by atoms with Crippen LogP contribution in [0.25, 0.3) is 0 Å². The van der Waals surface area contributed by atoms with Gasteiger partial charge in [-0.05, 0) is 42.5 Å². The summed E-state index contributed by atoms with van der Waals surface area (Å²) in [6, 6.07) is 7.27. The molecule has 0 spiro atoms. The van der Waals surface area contributed by atoms with Gasteiger partial charge in [-0.25, -0.2) is 4.79 Å². The van der Waals surface area contributed by atoms with E-state index < -0.39 is 6.09 Å². The summed E-state index contributed by atoms with van der Waals surface area (Å²) >= 11 is 0. The van der Waals surface area contributed by atoms with Crippen LogP contribution < -0.4 is 0 Å². The molecular formula is C16H17N3O3. The van der Waals surface area contributed by atoms with Crippen molar-refractivity contribution in [3.8, 4) is 6.07 Å². The van der Waals surface area contributed by atoms with Gasteiger partial charge in [-0.15, -0.1) is 0 Å². The summed E-state index contributed by atoms with van der Waals surface area (Å²) in [5, 5.41) is 17.9. The lowest BCUT2D eigenvalue weighted by molar-refractivity contribution is 0.0707. The van der Waals surface area contributed by atoms with Gasteiger partial charge in [0.25, 0.3) is 5.91 Å². The molecule has 2 heterocycles. The lowest BCUT2D eigenvalue weighted by Crippen LogP contribution is -2.41. The minimum absolute atomic E-state index is 0.0140. The Balaban J connectivity index is 1.63. The van der Waals surface area contributed by atoms with Gasteiger partial charge >= 0.3 is 6.09 Å². The van der Waals surface area contributed by atoms with Crippen LogP contribution >= 0.6 is 0 Å². The van der Waals surface area contributed by atoms with E-state index in [1.807, 2.05) is 4.90 Å². The standard InChI is InChI=1S/C16H17N3O3/c17-8-12-1-2-14-13(7-12)10-19(15(14)20)9-11-3-5-18(6-4-11)16(21)22/h1-2,7,11H,3-6,9-10H2,(H,21,22). The first-order chi connectivity index (χ1) is 10.6. The molecule has 0 bridgehead atoms. The lowest BCUT2D eigenvalue weighted by atomic mass is 9.96. The fraction of sp³-hybridized carbons (Fsp3) is 0.438. The van der Waals surface area contributed by atoms with Gasteiger partial charge in [0.2, 0.25) is 0 Å². The van der Waals surface area contributed by atoms with E-state index in [2.05, 4.69) is 6.07 Å². The number of hydrogen-bond donors (Lipinski definition) is 1. The SMILES string of the molecule is N#Cc1ccc2c(c1)CN(CC1CCN(C(=O)O)CC1)C2=O. The molecule has 1 N–H and O–H groups in total. The van der Waals surface area contributed by atoms with E-state index >= 15 is 0 Å². The quantitative estimate of drug-likeness (QED) is 0.904. The Morgan fingerprint density at radius 1 is 1.36 bits per heavy atom. The molecule has 1 fully saturated rings. The average molecular weight is 299 g/mol. The normalized spacial score (nSPS) is 18.2. The molecule has 1 aromatic rings. The highest BCUT2D eigenvalue weighted by atomic mass is 16.4. The highest BCUT2D eigenvalue weighted by Gasteiger charge is 2.31. The third-order valence-corrected chi connectivity index (χ3v) is 4.48. The van der Waals surface area contributed by atoms with Gasteiger partial charge in [0.05, 0.1) is 11.6 Å². The molecule has 6 heteroatoms. The minimum atomic E-state index is -0.868. The van der Waals surface area contributed by atoms with Crippen molar-refractivity contribution in [3.63, 3.8) is 0 Å². The molecule has 22 heavy (non-hydrogen) atoms. The first-order valence-corrected chi connectivity index (χ1v) is 7.38. The Bertz CT molecular complexity index is 657. The van der Waals surface area contributed by atoms with Gasteiger partial charge in [-0.2, -0.15) is 5.26 Å². The van der Waals surface area contributed by atoms with E-state index in [0.29, 0.717) is 43.2 Å². The molecule has 0 unspecified atom stereocenters. The molecule has 0 aliphatic carbocycles. The van der Waals surface area contributed by atoms with Crippen LogP contribution in [-0.2, 0) is 6.54 Å². The number of nitrogens with zero attached hydrogens (tertiary/aromatic N) is 3. The number of amides is 2. The van der Waals surface area contributed by atoms with Crippen LogP contribution in [0.2, 0.25) is 0 Å². The van der Waals surface area contributed by atoms with Gasteiger partial charge < -0.3 is 14.9 Å². The molecule has 2 aliphatic heterocycles. The summed E-state index contributed by atoms with van der Waals surface area (Å²) in [5.74, 6) is 0.351. The number of nitriles is 1. The number of carboxylic acid groups (broad SMARTS) is 1. The number of rotatable bonds is 2. The molecule has 6 nitrogen and oxygen atoms in total. The molecule has 0 aromatic heterocycles. The second-order valence-electron chi connectivity index (χ2n) is 5.88. The molecule has 2 amide bonds. The number of benzene rings is 1. The molecule has 114 valence electrons. The fourth-order valence-corrected chi connectivity index (χ4v) is 3.22. The second kappa shape index (κ2) is 5.68. The monoisotopic (exact) mass is 299 g/mol. The van der Waals surface area contributed by atoms with Crippen LogP contribution in [0.5, 0.6) is 0 Å². The maximum absolute atomic E-state index is 12.4. The van der Waals surface area contributed by atoms with Gasteiger partial charge in [-0.3, -0.25) is 4.79 Å². The molecule has 0 saturated carbocycles. The largest absolute Gasteiger partial charge is 0.465 e. The Morgan fingerprint density at radius 3 is 2.73 bits per heavy atom. The predicted octanol–water partition coefficient (Wildman–Crippen LogP) is 1.90. The summed E-state index contributed by atoms with van der Waals surface area (Å²) in [5.41, 5.74) is 2.16. The molecule has 1 aromatic carbocycles. The van der Waals surface area contributed by atoms with Gasteiger partial charge in [0.1, 0.15) is 0 Å². The smallest absolute Gasteiger partial charge is 0.407 e. The van der Waals surface area contributed by atoms with Crippen molar-refractivity contribution < 1.29 is 14.7 Å². The highest BCUT2D eigenvalue weighted by Crippen LogP contribution is 2.27. The van der Waals surface area contributed by atoms with E-state index in [0.717, 1.165) is 18.4 Å². The third-order valence-electron chi connectivity index (χ3n) is 4.48. The summed E-state index contributed by atoms with van der Waals surface area (Å²) in [6.07, 6.45) is 0.707. The zero-order valence-electron chi connectivity index (χ0n) is 12.2. The summed E-state index contributed by atoms with van der Waals surface area (Å²) in [6.45, 7) is 2.27. The summed E-state index contributed by atoms with van der Waals surface area (Å²) in [4.78, 5) is 26.5. The third kappa shape index (κ3) is 2.62. The van der Waals surface area contributed by atoms with Crippen molar-refractivity contribution in [1.82, 2.24) is 9.80 Å². The van der Waals surface area contributed by atoms with Crippen LogP contribution in [0, 0.1) is 17.2 Å². The molecular weight excluding hydrogens is 282 g/mol. The predicted molar refractivity (Wildman–Crippen MR) is 78.2 cm³/mol. The van der Waals surface area contributed by atoms with Gasteiger partial charge in [0, 0.05) is 31.7 Å². The maximum atomic E-state index is 12.4. The van der Waals surface area contributed by atoms with Crippen LogP contribution in [-0.4, -0.2) is 46.5 Å². The maximum Gasteiger partial charge on any atom is 0.407 e. The second-order valence-corrected chi connectivity index (χ2v) is 5.88. The molecule has 3 rings (SSSR count). The first-order valence-electron chi connectivity index (χ1n) is 7.38. The van der Waals surface area contributed by atoms with Crippen molar-refractivity contribution in [3.05, 3.63) is 34.9 Å².